The molecule has 33 heavy (non-hydrogen) atoms. The standard InChI is InChI=1S/C27H26N2O4/c1-16-10-12-20(18(3)14-16)24-25(28-21-15-19(32-4)11-13-23(21)33-5)27(31)29(26(24)30)22-9-7-6-8-17(22)2/h6-15,28H,1-5H3. The van der Waals surface area contributed by atoms with E-state index in [9.17, 15) is 9.59 Å². The summed E-state index contributed by atoms with van der Waals surface area (Å²) in [5.41, 5.74) is 5.14. The van der Waals surface area contributed by atoms with E-state index in [4.69, 9.17) is 9.47 Å². The molecule has 1 N–H and O–H groups in total. The number of carbonyl (C=O) groups excluding carboxylic acids is 2. The molecule has 1 aliphatic rings. The van der Waals surface area contributed by atoms with Crippen molar-refractivity contribution in [3.05, 3.63) is 88.6 Å². The van der Waals surface area contributed by atoms with E-state index in [1.54, 1.807) is 38.5 Å². The van der Waals surface area contributed by atoms with Gasteiger partial charge in [0.2, 0.25) is 0 Å². The Hall–Kier alpha value is -4.06. The van der Waals surface area contributed by atoms with Crippen molar-refractivity contribution in [2.75, 3.05) is 24.4 Å². The van der Waals surface area contributed by atoms with E-state index in [0.29, 0.717) is 34.0 Å². The molecule has 0 spiro atoms. The van der Waals surface area contributed by atoms with Gasteiger partial charge in [0.1, 0.15) is 17.2 Å². The zero-order chi connectivity index (χ0) is 23.7. The summed E-state index contributed by atoms with van der Waals surface area (Å²) in [5, 5.41) is 3.19. The van der Waals surface area contributed by atoms with E-state index >= 15 is 0 Å². The maximum Gasteiger partial charge on any atom is 0.282 e. The zero-order valence-electron chi connectivity index (χ0n) is 19.4. The van der Waals surface area contributed by atoms with Crippen molar-refractivity contribution in [1.82, 2.24) is 0 Å². The number of hydrogen-bond donors (Lipinski definition) is 1. The molecule has 0 aromatic heterocycles. The summed E-state index contributed by atoms with van der Waals surface area (Å²) in [7, 11) is 3.11. The van der Waals surface area contributed by atoms with Gasteiger partial charge in [0, 0.05) is 6.07 Å². The lowest BCUT2D eigenvalue weighted by Gasteiger charge is -2.18. The Labute approximate surface area is 193 Å². The van der Waals surface area contributed by atoms with Gasteiger partial charge in [-0.25, -0.2) is 4.90 Å². The third-order valence-electron chi connectivity index (χ3n) is 5.76. The lowest BCUT2D eigenvalue weighted by Crippen LogP contribution is -2.33. The van der Waals surface area contributed by atoms with Crippen LogP contribution in [0.3, 0.4) is 0 Å². The molecule has 3 aromatic rings. The molecule has 0 radical (unpaired) electrons. The largest absolute Gasteiger partial charge is 0.497 e. The van der Waals surface area contributed by atoms with Crippen LogP contribution in [0.4, 0.5) is 11.4 Å². The third kappa shape index (κ3) is 3.96. The predicted octanol–water partition coefficient (Wildman–Crippen LogP) is 5.03. The summed E-state index contributed by atoms with van der Waals surface area (Å²) in [4.78, 5) is 28.7. The van der Waals surface area contributed by atoms with Crippen LogP contribution in [-0.2, 0) is 9.59 Å². The summed E-state index contributed by atoms with van der Waals surface area (Å²) in [6, 6.07) is 18.4. The molecule has 6 nitrogen and oxygen atoms in total. The molecule has 1 aliphatic heterocycles. The Morgan fingerprint density at radius 3 is 2.21 bits per heavy atom. The molecule has 3 aromatic carbocycles. The van der Waals surface area contributed by atoms with Gasteiger partial charge < -0.3 is 14.8 Å². The van der Waals surface area contributed by atoms with Gasteiger partial charge in [-0.2, -0.15) is 0 Å². The van der Waals surface area contributed by atoms with Crippen molar-refractivity contribution in [3.8, 4) is 11.5 Å². The zero-order valence-corrected chi connectivity index (χ0v) is 19.4. The summed E-state index contributed by atoms with van der Waals surface area (Å²) in [5.74, 6) is 0.331. The molecule has 0 saturated carbocycles. The van der Waals surface area contributed by atoms with Gasteiger partial charge >= 0.3 is 0 Å². The van der Waals surface area contributed by atoms with Gasteiger partial charge in [-0.1, -0.05) is 42.0 Å². The van der Waals surface area contributed by atoms with Crippen LogP contribution >= 0.6 is 0 Å². The number of methoxy groups -OCH3 is 2. The van der Waals surface area contributed by atoms with Crippen molar-refractivity contribution in [1.29, 1.82) is 0 Å². The summed E-state index contributed by atoms with van der Waals surface area (Å²) in [6.07, 6.45) is 0. The van der Waals surface area contributed by atoms with Crippen LogP contribution in [0.15, 0.2) is 66.4 Å². The minimum atomic E-state index is -0.422. The molecule has 0 atom stereocenters. The van der Waals surface area contributed by atoms with Gasteiger partial charge in [0.15, 0.2) is 0 Å². The molecule has 0 bridgehead atoms. The van der Waals surface area contributed by atoms with Gasteiger partial charge in [-0.3, -0.25) is 9.59 Å². The average Bonchev–Trinajstić information content (AvgIpc) is 3.03. The smallest absolute Gasteiger partial charge is 0.282 e. The van der Waals surface area contributed by atoms with Crippen LogP contribution in [0.2, 0.25) is 0 Å². The van der Waals surface area contributed by atoms with Crippen molar-refractivity contribution in [2.24, 2.45) is 0 Å². The van der Waals surface area contributed by atoms with Crippen LogP contribution < -0.4 is 19.7 Å². The highest BCUT2D eigenvalue weighted by Gasteiger charge is 2.41. The van der Waals surface area contributed by atoms with Crippen LogP contribution in [0, 0.1) is 20.8 Å². The Balaban J connectivity index is 1.91. The number of nitrogens with one attached hydrogen (secondary N) is 1. The predicted molar refractivity (Wildman–Crippen MR) is 130 cm³/mol. The third-order valence-corrected chi connectivity index (χ3v) is 5.76. The van der Waals surface area contributed by atoms with E-state index in [1.165, 1.54) is 4.90 Å². The second-order valence-electron chi connectivity index (χ2n) is 7.99. The Morgan fingerprint density at radius 1 is 0.788 bits per heavy atom. The first kappa shape index (κ1) is 22.1. The summed E-state index contributed by atoms with van der Waals surface area (Å²) >= 11 is 0. The Morgan fingerprint density at radius 2 is 1.55 bits per heavy atom. The van der Waals surface area contributed by atoms with E-state index in [1.807, 2.05) is 57.2 Å². The van der Waals surface area contributed by atoms with Crippen molar-refractivity contribution >= 4 is 28.8 Å². The number of ether oxygens (including phenoxy) is 2. The van der Waals surface area contributed by atoms with Crippen LogP contribution in [0.25, 0.3) is 5.57 Å². The normalized spacial score (nSPS) is 13.5. The Kier molecular flexibility index (Phi) is 5.92. The molecule has 0 aliphatic carbocycles. The highest BCUT2D eigenvalue weighted by Crippen LogP contribution is 2.38. The molecule has 6 heteroatoms. The second-order valence-corrected chi connectivity index (χ2v) is 7.99. The Bertz CT molecular complexity index is 1290. The van der Waals surface area contributed by atoms with Gasteiger partial charge in [0.25, 0.3) is 11.8 Å². The van der Waals surface area contributed by atoms with Gasteiger partial charge in [-0.15, -0.1) is 0 Å². The fourth-order valence-electron chi connectivity index (χ4n) is 4.07. The SMILES string of the molecule is COc1ccc(OC)c(NC2=C(c3ccc(C)cc3C)C(=O)N(c3ccccc3C)C2=O)c1. The van der Waals surface area contributed by atoms with Crippen molar-refractivity contribution in [2.45, 2.75) is 20.8 Å². The molecule has 0 saturated heterocycles. The molecular weight excluding hydrogens is 416 g/mol. The first-order chi connectivity index (χ1) is 15.8. The van der Waals surface area contributed by atoms with Crippen LogP contribution in [0.1, 0.15) is 22.3 Å². The fraction of sp³-hybridized carbons (Fsp3) is 0.185. The highest BCUT2D eigenvalue weighted by atomic mass is 16.5. The fourth-order valence-corrected chi connectivity index (χ4v) is 4.07. The quantitative estimate of drug-likeness (QED) is 0.543. The first-order valence-electron chi connectivity index (χ1n) is 10.6. The van der Waals surface area contributed by atoms with Gasteiger partial charge in [0.05, 0.1) is 31.2 Å². The number of para-hydroxylation sites is 1. The number of anilines is 2. The molecule has 1 heterocycles. The van der Waals surface area contributed by atoms with Crippen LogP contribution in [-0.4, -0.2) is 26.0 Å². The number of amides is 2. The lowest BCUT2D eigenvalue weighted by molar-refractivity contribution is -0.120. The average molecular weight is 443 g/mol. The van der Waals surface area contributed by atoms with Crippen molar-refractivity contribution in [3.63, 3.8) is 0 Å². The highest BCUT2D eigenvalue weighted by molar-refractivity contribution is 6.46. The molecule has 0 fully saturated rings. The maximum absolute atomic E-state index is 13.7. The molecule has 0 unspecified atom stereocenters. The number of aryl methyl sites for hydroxylation is 3. The van der Waals surface area contributed by atoms with Crippen molar-refractivity contribution < 1.29 is 19.1 Å². The molecule has 2 amide bonds. The lowest BCUT2D eigenvalue weighted by atomic mass is 9.97. The molecular formula is C27H26N2O4. The maximum atomic E-state index is 13.7. The topological polar surface area (TPSA) is 67.9 Å². The summed E-state index contributed by atoms with van der Waals surface area (Å²) < 4.78 is 10.8. The van der Waals surface area contributed by atoms with E-state index in [2.05, 4.69) is 5.32 Å². The second kappa shape index (κ2) is 8.82. The number of imide groups is 1. The monoisotopic (exact) mass is 442 g/mol. The summed E-state index contributed by atoms with van der Waals surface area (Å²) in [6.45, 7) is 5.81. The number of carbonyl (C=O) groups is 2. The minimum Gasteiger partial charge on any atom is -0.497 e. The number of nitrogens with zero attached hydrogens (tertiary/aromatic N) is 1. The first-order valence-corrected chi connectivity index (χ1v) is 10.6. The van der Waals surface area contributed by atoms with Gasteiger partial charge in [-0.05, 0) is 55.7 Å². The molecule has 4 rings (SSSR count). The van der Waals surface area contributed by atoms with E-state index in [-0.39, 0.29) is 11.6 Å². The van der Waals surface area contributed by atoms with E-state index < -0.39 is 5.91 Å². The minimum absolute atomic E-state index is 0.196. The van der Waals surface area contributed by atoms with E-state index in [0.717, 1.165) is 16.7 Å². The molecule has 168 valence electrons. The van der Waals surface area contributed by atoms with Crippen LogP contribution in [0.5, 0.6) is 11.5 Å². The number of hydrogen-bond acceptors (Lipinski definition) is 5. The number of rotatable bonds is 6. The number of benzene rings is 3.